The Hall–Kier alpha value is -0.530. The molecule has 2 unspecified atom stereocenters. The number of hydrogen-bond acceptors (Lipinski definition) is 2. The lowest BCUT2D eigenvalue weighted by Gasteiger charge is -2.18. The van der Waals surface area contributed by atoms with Crippen molar-refractivity contribution >= 4 is 5.97 Å². The number of unbranched alkanes of at least 4 members (excludes halogenated alkanes) is 2. The van der Waals surface area contributed by atoms with Crippen molar-refractivity contribution < 1.29 is 9.53 Å². The molecule has 0 bridgehead atoms. The Morgan fingerprint density at radius 3 is 2.12 bits per heavy atom. The molecule has 0 aromatic carbocycles. The van der Waals surface area contributed by atoms with Gasteiger partial charge in [-0.1, -0.05) is 46.5 Å². The Morgan fingerprint density at radius 2 is 1.62 bits per heavy atom. The molecule has 0 spiro atoms. The van der Waals surface area contributed by atoms with Crippen molar-refractivity contribution in [1.82, 2.24) is 0 Å². The zero-order chi connectivity index (χ0) is 12.4. The SMILES string of the molecule is CCCCC(C)OC(=O)C(CC)CCCC. The fourth-order valence-corrected chi connectivity index (χ4v) is 1.78. The molecule has 0 saturated heterocycles. The van der Waals surface area contributed by atoms with Gasteiger partial charge in [-0.2, -0.15) is 0 Å². The number of carbonyl (C=O) groups excluding carboxylic acids is 1. The van der Waals surface area contributed by atoms with Gasteiger partial charge >= 0.3 is 5.97 Å². The van der Waals surface area contributed by atoms with E-state index in [1.54, 1.807) is 0 Å². The van der Waals surface area contributed by atoms with Gasteiger partial charge in [0.25, 0.3) is 0 Å². The summed E-state index contributed by atoms with van der Waals surface area (Å²) in [6.07, 6.45) is 7.53. The summed E-state index contributed by atoms with van der Waals surface area (Å²) < 4.78 is 5.46. The van der Waals surface area contributed by atoms with Crippen LogP contribution >= 0.6 is 0 Å². The van der Waals surface area contributed by atoms with E-state index in [9.17, 15) is 4.79 Å². The van der Waals surface area contributed by atoms with Crippen LogP contribution in [0.5, 0.6) is 0 Å². The zero-order valence-corrected chi connectivity index (χ0v) is 11.4. The molecule has 2 nitrogen and oxygen atoms in total. The second-order valence-electron chi connectivity index (χ2n) is 4.64. The van der Waals surface area contributed by atoms with E-state index in [1.165, 1.54) is 0 Å². The molecule has 0 aromatic heterocycles. The van der Waals surface area contributed by atoms with Gasteiger partial charge in [-0.3, -0.25) is 4.79 Å². The smallest absolute Gasteiger partial charge is 0.309 e. The first kappa shape index (κ1) is 15.5. The number of esters is 1. The molecule has 0 aliphatic carbocycles. The van der Waals surface area contributed by atoms with Gasteiger partial charge in [0.05, 0.1) is 12.0 Å². The van der Waals surface area contributed by atoms with Crippen LogP contribution < -0.4 is 0 Å². The lowest BCUT2D eigenvalue weighted by Crippen LogP contribution is -2.22. The average molecular weight is 228 g/mol. The predicted molar refractivity (Wildman–Crippen MR) is 68.4 cm³/mol. The van der Waals surface area contributed by atoms with Crippen LogP contribution in [0.15, 0.2) is 0 Å². The highest BCUT2D eigenvalue weighted by atomic mass is 16.5. The van der Waals surface area contributed by atoms with Gasteiger partial charge in [0, 0.05) is 0 Å². The summed E-state index contributed by atoms with van der Waals surface area (Å²) >= 11 is 0. The Kier molecular flexibility index (Phi) is 9.36. The molecule has 0 saturated carbocycles. The maximum absolute atomic E-state index is 11.8. The summed E-state index contributed by atoms with van der Waals surface area (Å²) in [4.78, 5) is 11.8. The average Bonchev–Trinajstić information content (AvgIpc) is 2.27. The van der Waals surface area contributed by atoms with E-state index in [4.69, 9.17) is 4.74 Å². The predicted octanol–water partition coefficient (Wildman–Crippen LogP) is 4.32. The summed E-state index contributed by atoms with van der Waals surface area (Å²) in [6.45, 7) is 8.38. The first-order valence-corrected chi connectivity index (χ1v) is 6.86. The van der Waals surface area contributed by atoms with E-state index < -0.39 is 0 Å². The lowest BCUT2D eigenvalue weighted by molar-refractivity contribution is -0.154. The monoisotopic (exact) mass is 228 g/mol. The fourth-order valence-electron chi connectivity index (χ4n) is 1.78. The molecule has 0 aliphatic heterocycles. The van der Waals surface area contributed by atoms with Gasteiger partial charge < -0.3 is 4.74 Å². The van der Waals surface area contributed by atoms with E-state index in [-0.39, 0.29) is 18.0 Å². The molecule has 2 atom stereocenters. The molecular formula is C14H28O2. The Balaban J connectivity index is 3.89. The Labute approximate surface area is 101 Å². The summed E-state index contributed by atoms with van der Waals surface area (Å²) in [5.74, 6) is 0.128. The van der Waals surface area contributed by atoms with Crippen molar-refractivity contribution in [2.75, 3.05) is 0 Å². The van der Waals surface area contributed by atoms with Crippen LogP contribution in [-0.4, -0.2) is 12.1 Å². The maximum Gasteiger partial charge on any atom is 0.309 e. The van der Waals surface area contributed by atoms with E-state index in [0.29, 0.717) is 0 Å². The van der Waals surface area contributed by atoms with Gasteiger partial charge in [0.2, 0.25) is 0 Å². The van der Waals surface area contributed by atoms with Gasteiger partial charge in [0.1, 0.15) is 0 Å². The van der Waals surface area contributed by atoms with Crippen LogP contribution in [0.1, 0.15) is 72.6 Å². The molecule has 0 N–H and O–H groups in total. The van der Waals surface area contributed by atoms with E-state index in [1.807, 2.05) is 6.92 Å². The third kappa shape index (κ3) is 6.86. The minimum Gasteiger partial charge on any atom is -0.462 e. The fraction of sp³-hybridized carbons (Fsp3) is 0.929. The van der Waals surface area contributed by atoms with Crippen LogP contribution in [0, 0.1) is 5.92 Å². The molecule has 0 rings (SSSR count). The lowest BCUT2D eigenvalue weighted by atomic mass is 9.99. The molecule has 0 heterocycles. The van der Waals surface area contributed by atoms with Gasteiger partial charge in [0.15, 0.2) is 0 Å². The van der Waals surface area contributed by atoms with Gasteiger partial charge in [-0.15, -0.1) is 0 Å². The quantitative estimate of drug-likeness (QED) is 0.549. The Bertz CT molecular complexity index is 178. The summed E-state index contributed by atoms with van der Waals surface area (Å²) in [5.41, 5.74) is 0. The van der Waals surface area contributed by atoms with Crippen molar-refractivity contribution in [2.45, 2.75) is 78.7 Å². The first-order valence-electron chi connectivity index (χ1n) is 6.86. The van der Waals surface area contributed by atoms with Gasteiger partial charge in [-0.25, -0.2) is 0 Å². The van der Waals surface area contributed by atoms with Crippen LogP contribution in [-0.2, 0) is 9.53 Å². The van der Waals surface area contributed by atoms with Gasteiger partial charge in [-0.05, 0) is 26.2 Å². The molecule has 0 aromatic rings. The van der Waals surface area contributed by atoms with Crippen LogP contribution in [0.3, 0.4) is 0 Å². The highest BCUT2D eigenvalue weighted by molar-refractivity contribution is 5.72. The van der Waals surface area contributed by atoms with Crippen LogP contribution in [0.4, 0.5) is 0 Å². The van der Waals surface area contributed by atoms with Crippen LogP contribution in [0.25, 0.3) is 0 Å². The molecule has 16 heavy (non-hydrogen) atoms. The minimum absolute atomic E-state index is 0.0135. The molecule has 0 aliphatic rings. The summed E-state index contributed by atoms with van der Waals surface area (Å²) in [7, 11) is 0. The van der Waals surface area contributed by atoms with Crippen LogP contribution in [0.2, 0.25) is 0 Å². The number of carbonyl (C=O) groups is 1. The van der Waals surface area contributed by atoms with E-state index in [0.717, 1.165) is 44.9 Å². The highest BCUT2D eigenvalue weighted by Crippen LogP contribution is 2.16. The minimum atomic E-state index is 0.0135. The topological polar surface area (TPSA) is 26.3 Å². The van der Waals surface area contributed by atoms with E-state index in [2.05, 4.69) is 20.8 Å². The summed E-state index contributed by atoms with van der Waals surface area (Å²) in [6, 6.07) is 0. The molecule has 0 radical (unpaired) electrons. The number of hydrogen-bond donors (Lipinski definition) is 0. The zero-order valence-electron chi connectivity index (χ0n) is 11.4. The Morgan fingerprint density at radius 1 is 1.06 bits per heavy atom. The van der Waals surface area contributed by atoms with Crippen molar-refractivity contribution in [1.29, 1.82) is 0 Å². The summed E-state index contributed by atoms with van der Waals surface area (Å²) in [5, 5.41) is 0. The van der Waals surface area contributed by atoms with E-state index >= 15 is 0 Å². The van der Waals surface area contributed by atoms with Crippen molar-refractivity contribution in [3.05, 3.63) is 0 Å². The second-order valence-corrected chi connectivity index (χ2v) is 4.64. The third-order valence-electron chi connectivity index (χ3n) is 3.01. The molecular weight excluding hydrogens is 200 g/mol. The number of ether oxygens (including phenoxy) is 1. The molecule has 0 amide bonds. The standard InChI is InChI=1S/C14H28O2/c1-5-8-10-12(4)16-14(15)13(7-3)11-9-6-2/h12-13H,5-11H2,1-4H3. The van der Waals surface area contributed by atoms with Crippen molar-refractivity contribution in [3.63, 3.8) is 0 Å². The highest BCUT2D eigenvalue weighted by Gasteiger charge is 2.19. The molecule has 0 fully saturated rings. The van der Waals surface area contributed by atoms with Crippen molar-refractivity contribution in [2.24, 2.45) is 5.92 Å². The first-order chi connectivity index (χ1) is 7.65. The maximum atomic E-state index is 11.8. The number of rotatable bonds is 9. The normalized spacial score (nSPS) is 14.5. The van der Waals surface area contributed by atoms with Crippen molar-refractivity contribution in [3.8, 4) is 0 Å². The third-order valence-corrected chi connectivity index (χ3v) is 3.01. The molecule has 2 heteroatoms. The molecule has 96 valence electrons. The largest absolute Gasteiger partial charge is 0.462 e. The second kappa shape index (κ2) is 9.68.